The molecule has 0 unspecified atom stereocenters. The van der Waals surface area contributed by atoms with Crippen molar-refractivity contribution in [3.8, 4) is 16.5 Å². The maximum absolute atomic E-state index is 12.9. The highest BCUT2D eigenvalue weighted by Crippen LogP contribution is 2.22. The van der Waals surface area contributed by atoms with Gasteiger partial charge in [0.1, 0.15) is 12.3 Å². The minimum absolute atomic E-state index is 0.120. The lowest BCUT2D eigenvalue weighted by Gasteiger charge is -2.25. The first kappa shape index (κ1) is 19.4. The van der Waals surface area contributed by atoms with E-state index < -0.39 is 6.10 Å². The van der Waals surface area contributed by atoms with Gasteiger partial charge in [0.05, 0.1) is 4.88 Å². The van der Waals surface area contributed by atoms with Crippen LogP contribution in [0.4, 0.5) is 0 Å². The topological polar surface area (TPSA) is 68.5 Å². The van der Waals surface area contributed by atoms with Gasteiger partial charge in [-0.15, -0.1) is 11.3 Å². The van der Waals surface area contributed by atoms with Gasteiger partial charge in [-0.2, -0.15) is 4.98 Å². The van der Waals surface area contributed by atoms with Crippen LogP contribution in [-0.4, -0.2) is 33.6 Å². The first-order valence-electron chi connectivity index (χ1n) is 8.68. The van der Waals surface area contributed by atoms with E-state index in [0.717, 1.165) is 4.88 Å². The standard InChI is InChI=1S/C19H20ClN3O3S/c1-3-15(25-14-9-7-13(20)8-10-14)19(24)23(4-2)12-17-21-18(22-26-17)16-6-5-11-27-16/h5-11,15H,3-4,12H2,1-2H3/t15-/m0/s1. The number of carbonyl (C=O) groups excluding carboxylic acids is 1. The summed E-state index contributed by atoms with van der Waals surface area (Å²) < 4.78 is 11.2. The van der Waals surface area contributed by atoms with E-state index >= 15 is 0 Å². The molecule has 0 aliphatic heterocycles. The smallest absolute Gasteiger partial charge is 0.264 e. The Morgan fingerprint density at radius 3 is 2.70 bits per heavy atom. The van der Waals surface area contributed by atoms with Crippen LogP contribution in [0.1, 0.15) is 26.2 Å². The average Bonchev–Trinajstić information content (AvgIpc) is 3.36. The van der Waals surface area contributed by atoms with Crippen molar-refractivity contribution in [3.05, 3.63) is 52.7 Å². The van der Waals surface area contributed by atoms with Crippen molar-refractivity contribution in [1.29, 1.82) is 0 Å². The van der Waals surface area contributed by atoms with Crippen LogP contribution in [0.15, 0.2) is 46.3 Å². The van der Waals surface area contributed by atoms with Crippen molar-refractivity contribution in [2.45, 2.75) is 32.9 Å². The lowest BCUT2D eigenvalue weighted by Crippen LogP contribution is -2.41. The molecule has 0 radical (unpaired) electrons. The molecule has 1 atom stereocenters. The highest BCUT2D eigenvalue weighted by molar-refractivity contribution is 7.13. The number of rotatable bonds is 8. The SMILES string of the molecule is CC[C@H](Oc1ccc(Cl)cc1)C(=O)N(CC)Cc1nc(-c2cccs2)no1. The van der Waals surface area contributed by atoms with E-state index in [2.05, 4.69) is 10.1 Å². The predicted octanol–water partition coefficient (Wildman–Crippen LogP) is 4.66. The first-order valence-corrected chi connectivity index (χ1v) is 9.94. The van der Waals surface area contributed by atoms with E-state index in [1.54, 1.807) is 29.2 Å². The quantitative estimate of drug-likeness (QED) is 0.545. The third kappa shape index (κ3) is 4.87. The molecule has 0 N–H and O–H groups in total. The summed E-state index contributed by atoms with van der Waals surface area (Å²) in [6.45, 7) is 4.57. The van der Waals surface area contributed by atoms with E-state index in [1.807, 2.05) is 31.4 Å². The number of likely N-dealkylation sites (N-methyl/N-ethyl adjacent to an activating group) is 1. The van der Waals surface area contributed by atoms with E-state index in [-0.39, 0.29) is 12.5 Å². The van der Waals surface area contributed by atoms with Gasteiger partial charge in [-0.3, -0.25) is 4.79 Å². The molecular formula is C19H20ClN3O3S. The summed E-state index contributed by atoms with van der Waals surface area (Å²) in [6.07, 6.45) is -0.0480. The van der Waals surface area contributed by atoms with Gasteiger partial charge < -0.3 is 14.2 Å². The van der Waals surface area contributed by atoms with Crippen LogP contribution in [0, 0.1) is 0 Å². The molecule has 6 nitrogen and oxygen atoms in total. The fraction of sp³-hybridized carbons (Fsp3) is 0.316. The number of halogens is 1. The summed E-state index contributed by atoms with van der Waals surface area (Å²) in [6, 6.07) is 10.8. The van der Waals surface area contributed by atoms with Crippen molar-refractivity contribution >= 4 is 28.8 Å². The Balaban J connectivity index is 1.67. The Hall–Kier alpha value is -2.38. The highest BCUT2D eigenvalue weighted by Gasteiger charge is 2.25. The number of aromatic nitrogens is 2. The molecule has 1 aromatic carbocycles. The second-order valence-electron chi connectivity index (χ2n) is 5.81. The van der Waals surface area contributed by atoms with E-state index in [9.17, 15) is 4.79 Å². The Morgan fingerprint density at radius 2 is 2.07 bits per heavy atom. The summed E-state index contributed by atoms with van der Waals surface area (Å²) in [5.74, 6) is 1.42. The lowest BCUT2D eigenvalue weighted by atomic mass is 10.2. The number of nitrogens with zero attached hydrogens (tertiary/aromatic N) is 3. The van der Waals surface area contributed by atoms with Crippen molar-refractivity contribution in [2.75, 3.05) is 6.54 Å². The van der Waals surface area contributed by atoms with Gasteiger partial charge in [-0.25, -0.2) is 0 Å². The van der Waals surface area contributed by atoms with Crippen LogP contribution in [0.25, 0.3) is 10.7 Å². The molecule has 0 saturated heterocycles. The van der Waals surface area contributed by atoms with Gasteiger partial charge in [-0.05, 0) is 49.1 Å². The molecule has 0 aliphatic carbocycles. The van der Waals surface area contributed by atoms with E-state index in [4.69, 9.17) is 20.9 Å². The third-order valence-corrected chi connectivity index (χ3v) is 5.09. The molecule has 1 amide bonds. The fourth-order valence-corrected chi connectivity index (χ4v) is 3.30. The maximum atomic E-state index is 12.9. The van der Waals surface area contributed by atoms with Crippen LogP contribution >= 0.6 is 22.9 Å². The summed E-state index contributed by atoms with van der Waals surface area (Å²) in [7, 11) is 0. The zero-order valence-corrected chi connectivity index (χ0v) is 16.7. The molecule has 2 heterocycles. The molecule has 0 fully saturated rings. The van der Waals surface area contributed by atoms with Crippen LogP contribution in [-0.2, 0) is 11.3 Å². The van der Waals surface area contributed by atoms with Crippen molar-refractivity contribution in [2.24, 2.45) is 0 Å². The van der Waals surface area contributed by atoms with Gasteiger partial charge in [0, 0.05) is 11.6 Å². The Labute approximate surface area is 166 Å². The second-order valence-corrected chi connectivity index (χ2v) is 7.19. The molecule has 0 spiro atoms. The zero-order valence-electron chi connectivity index (χ0n) is 15.1. The van der Waals surface area contributed by atoms with Crippen molar-refractivity contribution in [1.82, 2.24) is 15.0 Å². The van der Waals surface area contributed by atoms with Gasteiger partial charge in [0.15, 0.2) is 6.10 Å². The van der Waals surface area contributed by atoms with E-state index in [1.165, 1.54) is 11.3 Å². The lowest BCUT2D eigenvalue weighted by molar-refractivity contribution is -0.139. The first-order chi connectivity index (χ1) is 13.1. The predicted molar refractivity (Wildman–Crippen MR) is 105 cm³/mol. The summed E-state index contributed by atoms with van der Waals surface area (Å²) in [4.78, 5) is 19.9. The monoisotopic (exact) mass is 405 g/mol. The van der Waals surface area contributed by atoms with Crippen LogP contribution in [0.5, 0.6) is 5.75 Å². The van der Waals surface area contributed by atoms with Gasteiger partial charge >= 0.3 is 0 Å². The molecule has 3 rings (SSSR count). The van der Waals surface area contributed by atoms with Crippen molar-refractivity contribution < 1.29 is 14.1 Å². The van der Waals surface area contributed by atoms with Gasteiger partial charge in [0.25, 0.3) is 5.91 Å². The number of carbonyl (C=O) groups is 1. The average molecular weight is 406 g/mol. The van der Waals surface area contributed by atoms with Crippen molar-refractivity contribution in [3.63, 3.8) is 0 Å². The zero-order chi connectivity index (χ0) is 19.2. The number of thiophene rings is 1. The van der Waals surface area contributed by atoms with Crippen LogP contribution < -0.4 is 4.74 Å². The van der Waals surface area contributed by atoms with E-state index in [0.29, 0.717) is 35.5 Å². The maximum Gasteiger partial charge on any atom is 0.264 e. The summed E-state index contributed by atoms with van der Waals surface area (Å²) in [5, 5.41) is 6.56. The third-order valence-electron chi connectivity index (χ3n) is 3.97. The molecule has 0 bridgehead atoms. The number of ether oxygens (including phenoxy) is 1. The van der Waals surface area contributed by atoms with Gasteiger partial charge in [-0.1, -0.05) is 29.7 Å². The normalized spacial score (nSPS) is 12.0. The minimum atomic E-state index is -0.592. The fourth-order valence-electron chi connectivity index (χ4n) is 2.52. The second kappa shape index (κ2) is 9.01. The Morgan fingerprint density at radius 1 is 1.30 bits per heavy atom. The summed E-state index contributed by atoms with van der Waals surface area (Å²) >= 11 is 7.43. The largest absolute Gasteiger partial charge is 0.481 e. The van der Waals surface area contributed by atoms with Gasteiger partial charge in [0.2, 0.25) is 11.7 Å². The number of amides is 1. The molecule has 8 heteroatoms. The highest BCUT2D eigenvalue weighted by atomic mass is 35.5. The molecule has 142 valence electrons. The van der Waals surface area contributed by atoms with Crippen LogP contribution in [0.3, 0.4) is 0 Å². The molecule has 0 saturated carbocycles. The minimum Gasteiger partial charge on any atom is -0.481 e. The number of hydrogen-bond donors (Lipinski definition) is 0. The summed E-state index contributed by atoms with van der Waals surface area (Å²) in [5.41, 5.74) is 0. The molecular weight excluding hydrogens is 386 g/mol. The Bertz CT molecular complexity index is 865. The molecule has 3 aromatic rings. The molecule has 27 heavy (non-hydrogen) atoms. The number of hydrogen-bond acceptors (Lipinski definition) is 6. The Kier molecular flexibility index (Phi) is 6.47. The molecule has 0 aliphatic rings. The molecule has 2 aromatic heterocycles. The van der Waals surface area contributed by atoms with Crippen LogP contribution in [0.2, 0.25) is 5.02 Å². The number of benzene rings is 1.